The van der Waals surface area contributed by atoms with Gasteiger partial charge in [0.15, 0.2) is 0 Å². The van der Waals surface area contributed by atoms with E-state index in [9.17, 15) is 4.79 Å². The van der Waals surface area contributed by atoms with Gasteiger partial charge in [-0.05, 0) is 50.8 Å². The first-order valence-corrected chi connectivity index (χ1v) is 6.99. The molecule has 4 heteroatoms. The lowest BCUT2D eigenvalue weighted by atomic mass is 10.1. The summed E-state index contributed by atoms with van der Waals surface area (Å²) in [5, 5.41) is 3.22. The Hall–Kier alpha value is -1.71. The standard InChI is InChI=1S/C15H23N3O/c1-11-6-7-14(13(16)10-11)17-12(2)15(19)18-8-4-3-5-9-18/h6-7,10,12,17H,3-5,8-9,16H2,1-2H3. The van der Waals surface area contributed by atoms with E-state index in [-0.39, 0.29) is 11.9 Å². The highest BCUT2D eigenvalue weighted by molar-refractivity contribution is 5.85. The van der Waals surface area contributed by atoms with Crippen LogP contribution in [-0.4, -0.2) is 29.9 Å². The Balaban J connectivity index is 1.99. The van der Waals surface area contributed by atoms with E-state index in [1.54, 1.807) is 0 Å². The highest BCUT2D eigenvalue weighted by atomic mass is 16.2. The average molecular weight is 261 g/mol. The summed E-state index contributed by atoms with van der Waals surface area (Å²) in [5.74, 6) is 0.166. The Labute approximate surface area is 115 Å². The summed E-state index contributed by atoms with van der Waals surface area (Å²) in [6, 6.07) is 5.62. The zero-order valence-corrected chi connectivity index (χ0v) is 11.8. The molecule has 2 rings (SSSR count). The molecule has 1 fully saturated rings. The van der Waals surface area contributed by atoms with Crippen LogP contribution < -0.4 is 11.1 Å². The normalized spacial score (nSPS) is 17.1. The monoisotopic (exact) mass is 261 g/mol. The Morgan fingerprint density at radius 2 is 2.00 bits per heavy atom. The van der Waals surface area contributed by atoms with Crippen molar-refractivity contribution < 1.29 is 4.79 Å². The van der Waals surface area contributed by atoms with Crippen molar-refractivity contribution in [3.05, 3.63) is 23.8 Å². The Kier molecular flexibility index (Phi) is 4.30. The van der Waals surface area contributed by atoms with Gasteiger partial charge >= 0.3 is 0 Å². The van der Waals surface area contributed by atoms with Crippen molar-refractivity contribution in [3.63, 3.8) is 0 Å². The van der Waals surface area contributed by atoms with Crippen LogP contribution in [0.3, 0.4) is 0 Å². The largest absolute Gasteiger partial charge is 0.397 e. The summed E-state index contributed by atoms with van der Waals surface area (Å²) in [5.41, 5.74) is 8.61. The number of hydrogen-bond donors (Lipinski definition) is 2. The van der Waals surface area contributed by atoms with Crippen LogP contribution in [0, 0.1) is 6.92 Å². The van der Waals surface area contributed by atoms with Crippen LogP contribution in [0.5, 0.6) is 0 Å². The van der Waals surface area contributed by atoms with Crippen LogP contribution in [0.4, 0.5) is 11.4 Å². The zero-order chi connectivity index (χ0) is 13.8. The lowest BCUT2D eigenvalue weighted by molar-refractivity contribution is -0.132. The van der Waals surface area contributed by atoms with Crippen LogP contribution in [0.25, 0.3) is 0 Å². The lowest BCUT2D eigenvalue weighted by Gasteiger charge is -2.30. The van der Waals surface area contributed by atoms with Crippen molar-refractivity contribution in [1.82, 2.24) is 4.90 Å². The van der Waals surface area contributed by atoms with Crippen molar-refractivity contribution in [3.8, 4) is 0 Å². The van der Waals surface area contributed by atoms with E-state index in [4.69, 9.17) is 5.73 Å². The second kappa shape index (κ2) is 5.95. The molecule has 1 heterocycles. The van der Waals surface area contributed by atoms with E-state index < -0.39 is 0 Å². The Morgan fingerprint density at radius 1 is 1.32 bits per heavy atom. The lowest BCUT2D eigenvalue weighted by Crippen LogP contribution is -2.43. The van der Waals surface area contributed by atoms with E-state index in [0.717, 1.165) is 37.2 Å². The van der Waals surface area contributed by atoms with Gasteiger partial charge in [-0.2, -0.15) is 0 Å². The maximum atomic E-state index is 12.3. The first kappa shape index (κ1) is 13.7. The highest BCUT2D eigenvalue weighted by Crippen LogP contribution is 2.21. The minimum absolute atomic E-state index is 0.166. The Bertz CT molecular complexity index is 453. The van der Waals surface area contributed by atoms with Crippen molar-refractivity contribution in [2.24, 2.45) is 0 Å². The Morgan fingerprint density at radius 3 is 2.63 bits per heavy atom. The second-order valence-electron chi connectivity index (χ2n) is 5.34. The second-order valence-corrected chi connectivity index (χ2v) is 5.34. The maximum absolute atomic E-state index is 12.3. The van der Waals surface area contributed by atoms with E-state index in [1.165, 1.54) is 6.42 Å². The van der Waals surface area contributed by atoms with Crippen LogP contribution >= 0.6 is 0 Å². The molecule has 1 aromatic rings. The quantitative estimate of drug-likeness (QED) is 0.821. The summed E-state index contributed by atoms with van der Waals surface area (Å²) in [7, 11) is 0. The molecule has 1 atom stereocenters. The van der Waals surface area contributed by atoms with Gasteiger partial charge in [0.2, 0.25) is 5.91 Å². The molecule has 19 heavy (non-hydrogen) atoms. The molecule has 3 N–H and O–H groups in total. The average Bonchev–Trinajstić information content (AvgIpc) is 2.42. The van der Waals surface area contributed by atoms with Crippen LogP contribution in [-0.2, 0) is 4.79 Å². The number of nitrogens with one attached hydrogen (secondary N) is 1. The number of anilines is 2. The number of likely N-dealkylation sites (tertiary alicyclic amines) is 1. The van der Waals surface area contributed by atoms with Crippen molar-refractivity contribution in [2.75, 3.05) is 24.1 Å². The zero-order valence-electron chi connectivity index (χ0n) is 11.8. The molecule has 0 radical (unpaired) electrons. The van der Waals surface area contributed by atoms with Gasteiger partial charge in [0.05, 0.1) is 11.4 Å². The third-order valence-electron chi connectivity index (χ3n) is 3.62. The van der Waals surface area contributed by atoms with Gasteiger partial charge < -0.3 is 16.0 Å². The number of nitrogens with two attached hydrogens (primary N) is 1. The van der Waals surface area contributed by atoms with E-state index >= 15 is 0 Å². The number of piperidine rings is 1. The van der Waals surface area contributed by atoms with Crippen molar-refractivity contribution in [1.29, 1.82) is 0 Å². The predicted molar refractivity (Wildman–Crippen MR) is 79.1 cm³/mol. The SMILES string of the molecule is Cc1ccc(NC(C)C(=O)N2CCCCC2)c(N)c1. The molecule has 0 bridgehead atoms. The molecular formula is C15H23N3O. The molecule has 1 aliphatic rings. The van der Waals surface area contributed by atoms with Gasteiger partial charge in [-0.25, -0.2) is 0 Å². The number of rotatable bonds is 3. The number of benzene rings is 1. The summed E-state index contributed by atoms with van der Waals surface area (Å²) in [4.78, 5) is 14.3. The molecule has 1 saturated heterocycles. The van der Waals surface area contributed by atoms with E-state index in [0.29, 0.717) is 5.69 Å². The van der Waals surface area contributed by atoms with Gasteiger partial charge in [0.25, 0.3) is 0 Å². The molecule has 0 spiro atoms. The topological polar surface area (TPSA) is 58.4 Å². The highest BCUT2D eigenvalue weighted by Gasteiger charge is 2.22. The fourth-order valence-corrected chi connectivity index (χ4v) is 2.50. The summed E-state index contributed by atoms with van der Waals surface area (Å²) in [6.07, 6.45) is 3.47. The summed E-state index contributed by atoms with van der Waals surface area (Å²) >= 11 is 0. The molecule has 1 aliphatic heterocycles. The number of nitrogens with zero attached hydrogens (tertiary/aromatic N) is 1. The van der Waals surface area contributed by atoms with Gasteiger partial charge in [-0.3, -0.25) is 4.79 Å². The van der Waals surface area contributed by atoms with Crippen LogP contribution in [0.2, 0.25) is 0 Å². The molecular weight excluding hydrogens is 238 g/mol. The molecule has 1 unspecified atom stereocenters. The molecule has 104 valence electrons. The molecule has 1 amide bonds. The first-order valence-electron chi connectivity index (χ1n) is 6.99. The van der Waals surface area contributed by atoms with E-state index in [2.05, 4.69) is 5.32 Å². The third-order valence-corrected chi connectivity index (χ3v) is 3.62. The smallest absolute Gasteiger partial charge is 0.244 e. The van der Waals surface area contributed by atoms with Crippen molar-refractivity contribution >= 4 is 17.3 Å². The molecule has 4 nitrogen and oxygen atoms in total. The predicted octanol–water partition coefficient (Wildman–Crippen LogP) is 2.39. The van der Waals surface area contributed by atoms with Gasteiger partial charge in [0.1, 0.15) is 6.04 Å². The number of amides is 1. The molecule has 0 aromatic heterocycles. The minimum Gasteiger partial charge on any atom is -0.397 e. The van der Waals surface area contributed by atoms with E-state index in [1.807, 2.05) is 36.9 Å². The number of hydrogen-bond acceptors (Lipinski definition) is 3. The fraction of sp³-hybridized carbons (Fsp3) is 0.533. The summed E-state index contributed by atoms with van der Waals surface area (Å²) in [6.45, 7) is 5.67. The van der Waals surface area contributed by atoms with Gasteiger partial charge in [0, 0.05) is 13.1 Å². The maximum Gasteiger partial charge on any atom is 0.244 e. The summed E-state index contributed by atoms with van der Waals surface area (Å²) < 4.78 is 0. The minimum atomic E-state index is -0.233. The number of aryl methyl sites for hydroxylation is 1. The van der Waals surface area contributed by atoms with Crippen LogP contribution in [0.1, 0.15) is 31.7 Å². The number of nitrogen functional groups attached to an aromatic ring is 1. The van der Waals surface area contributed by atoms with Crippen molar-refractivity contribution in [2.45, 2.75) is 39.2 Å². The fourth-order valence-electron chi connectivity index (χ4n) is 2.50. The molecule has 0 saturated carbocycles. The number of carbonyl (C=O) groups is 1. The van der Waals surface area contributed by atoms with Gasteiger partial charge in [-0.15, -0.1) is 0 Å². The number of carbonyl (C=O) groups excluding carboxylic acids is 1. The third kappa shape index (κ3) is 3.40. The molecule has 1 aromatic carbocycles. The molecule has 0 aliphatic carbocycles. The van der Waals surface area contributed by atoms with Gasteiger partial charge in [-0.1, -0.05) is 6.07 Å². The first-order chi connectivity index (χ1) is 9.08. The van der Waals surface area contributed by atoms with Crippen LogP contribution in [0.15, 0.2) is 18.2 Å².